The molecule has 0 bridgehead atoms. The van der Waals surface area contributed by atoms with Crippen molar-refractivity contribution in [1.82, 2.24) is 0 Å². The highest BCUT2D eigenvalue weighted by Crippen LogP contribution is 2.33. The number of hydrogen-bond acceptors (Lipinski definition) is 2. The predicted molar refractivity (Wildman–Crippen MR) is 66.7 cm³/mol. The molecule has 0 aliphatic carbocycles. The molecule has 3 nitrogen and oxygen atoms in total. The van der Waals surface area contributed by atoms with Gasteiger partial charge in [-0.3, -0.25) is 4.79 Å². The van der Waals surface area contributed by atoms with Crippen molar-refractivity contribution in [2.45, 2.75) is 12.8 Å². The van der Waals surface area contributed by atoms with E-state index in [0.717, 1.165) is 5.39 Å². The van der Waals surface area contributed by atoms with Crippen molar-refractivity contribution in [2.24, 2.45) is 0 Å². The van der Waals surface area contributed by atoms with Gasteiger partial charge in [-0.1, -0.05) is 35.9 Å². The van der Waals surface area contributed by atoms with Crippen LogP contribution in [0.1, 0.15) is 18.4 Å². The van der Waals surface area contributed by atoms with Crippen LogP contribution in [0, 0.1) is 0 Å². The van der Waals surface area contributed by atoms with E-state index in [1.807, 2.05) is 0 Å². The summed E-state index contributed by atoms with van der Waals surface area (Å²) in [7, 11) is 0. The zero-order valence-electron chi connectivity index (χ0n) is 9.14. The highest BCUT2D eigenvalue weighted by atomic mass is 35.5. The molecule has 0 spiro atoms. The van der Waals surface area contributed by atoms with Crippen LogP contribution in [0.2, 0.25) is 5.02 Å². The van der Waals surface area contributed by atoms with Gasteiger partial charge in [-0.25, -0.2) is 0 Å². The van der Waals surface area contributed by atoms with Gasteiger partial charge in [0.25, 0.3) is 0 Å². The van der Waals surface area contributed by atoms with E-state index in [4.69, 9.17) is 16.7 Å². The molecule has 0 fully saturated rings. The summed E-state index contributed by atoms with van der Waals surface area (Å²) >= 11 is 5.95. The monoisotopic (exact) mass is 250 g/mol. The average Bonchev–Trinajstić information content (AvgIpc) is 2.32. The molecule has 2 aromatic rings. The van der Waals surface area contributed by atoms with E-state index in [9.17, 15) is 9.90 Å². The Morgan fingerprint density at radius 2 is 2.00 bits per heavy atom. The number of benzene rings is 2. The summed E-state index contributed by atoms with van der Waals surface area (Å²) in [6, 6.07) is 8.44. The second-order valence-electron chi connectivity index (χ2n) is 3.94. The van der Waals surface area contributed by atoms with Gasteiger partial charge in [-0.05, 0) is 23.9 Å². The second-order valence-corrected chi connectivity index (χ2v) is 4.32. The van der Waals surface area contributed by atoms with E-state index in [1.165, 1.54) is 6.07 Å². The zero-order chi connectivity index (χ0) is 12.6. The van der Waals surface area contributed by atoms with Crippen LogP contribution in [-0.2, 0) is 4.79 Å². The molecule has 0 unspecified atom stereocenters. The molecule has 1 atom stereocenters. The lowest BCUT2D eigenvalue weighted by Crippen LogP contribution is -2.07. The van der Waals surface area contributed by atoms with Crippen LogP contribution in [0.25, 0.3) is 10.8 Å². The molecule has 0 saturated heterocycles. The molecule has 17 heavy (non-hydrogen) atoms. The van der Waals surface area contributed by atoms with Crippen molar-refractivity contribution in [3.8, 4) is 5.75 Å². The maximum absolute atomic E-state index is 10.9. The molecule has 0 aromatic heterocycles. The molecular formula is C13H11ClO3. The third-order valence-corrected chi connectivity index (χ3v) is 3.23. The number of aliphatic carboxylic acids is 1. The van der Waals surface area contributed by atoms with Crippen LogP contribution in [-0.4, -0.2) is 16.2 Å². The molecule has 0 heterocycles. The molecule has 2 N–H and O–H groups in total. The first-order chi connectivity index (χ1) is 8.00. The van der Waals surface area contributed by atoms with Crippen LogP contribution < -0.4 is 0 Å². The lowest BCUT2D eigenvalue weighted by atomic mass is 9.98. The van der Waals surface area contributed by atoms with Gasteiger partial charge in [0.15, 0.2) is 0 Å². The van der Waals surface area contributed by atoms with Gasteiger partial charge >= 0.3 is 5.97 Å². The number of hydrogen-bond donors (Lipinski definition) is 2. The van der Waals surface area contributed by atoms with Crippen molar-refractivity contribution in [1.29, 1.82) is 0 Å². The van der Waals surface area contributed by atoms with Gasteiger partial charge in [0.05, 0.1) is 10.9 Å². The molecule has 2 aromatic carbocycles. The Kier molecular flexibility index (Phi) is 2.94. The Balaban J connectivity index is 2.60. The summed E-state index contributed by atoms with van der Waals surface area (Å²) in [5.41, 5.74) is 0.715. The largest absolute Gasteiger partial charge is 0.506 e. The van der Waals surface area contributed by atoms with Crippen LogP contribution in [0.4, 0.5) is 0 Å². The van der Waals surface area contributed by atoms with Crippen LogP contribution in [0.15, 0.2) is 30.3 Å². The van der Waals surface area contributed by atoms with E-state index >= 15 is 0 Å². The summed E-state index contributed by atoms with van der Waals surface area (Å²) in [6.45, 7) is 1.63. The van der Waals surface area contributed by atoms with Crippen molar-refractivity contribution >= 4 is 28.3 Å². The first-order valence-corrected chi connectivity index (χ1v) is 5.52. The molecule has 2 rings (SSSR count). The molecule has 0 saturated carbocycles. The zero-order valence-corrected chi connectivity index (χ0v) is 9.90. The fraction of sp³-hybridized carbons (Fsp3) is 0.154. The van der Waals surface area contributed by atoms with Gasteiger partial charge in [-0.15, -0.1) is 0 Å². The van der Waals surface area contributed by atoms with Crippen molar-refractivity contribution < 1.29 is 15.0 Å². The van der Waals surface area contributed by atoms with E-state index in [1.54, 1.807) is 31.2 Å². The number of phenolic OH excluding ortho intramolecular Hbond substituents is 1. The third kappa shape index (κ3) is 2.06. The summed E-state index contributed by atoms with van der Waals surface area (Å²) in [4.78, 5) is 10.9. The summed E-state index contributed by atoms with van der Waals surface area (Å²) in [6.07, 6.45) is 0. The summed E-state index contributed by atoms with van der Waals surface area (Å²) < 4.78 is 0. The van der Waals surface area contributed by atoms with Crippen LogP contribution >= 0.6 is 11.6 Å². The minimum absolute atomic E-state index is 0.0261. The smallest absolute Gasteiger partial charge is 0.310 e. The van der Waals surface area contributed by atoms with Gasteiger partial charge in [0.2, 0.25) is 0 Å². The standard InChI is InChI=1S/C13H11ClO3/c1-7(13(16)17)8-2-4-10-9(6-8)3-5-11(15)12(10)14/h2-7,15H,1H3,(H,16,17)/t7-/m0/s1. The molecule has 0 aliphatic rings. The molecule has 0 radical (unpaired) electrons. The number of phenols is 1. The normalized spacial score (nSPS) is 12.6. The van der Waals surface area contributed by atoms with E-state index in [2.05, 4.69) is 0 Å². The minimum Gasteiger partial charge on any atom is -0.506 e. The lowest BCUT2D eigenvalue weighted by Gasteiger charge is -2.09. The number of fused-ring (bicyclic) bond motifs is 1. The van der Waals surface area contributed by atoms with E-state index in [-0.39, 0.29) is 10.8 Å². The van der Waals surface area contributed by atoms with Crippen LogP contribution in [0.3, 0.4) is 0 Å². The van der Waals surface area contributed by atoms with Gasteiger partial charge in [0, 0.05) is 5.39 Å². The van der Waals surface area contributed by atoms with Crippen molar-refractivity contribution in [3.05, 3.63) is 40.9 Å². The van der Waals surface area contributed by atoms with E-state index < -0.39 is 11.9 Å². The first-order valence-electron chi connectivity index (χ1n) is 5.14. The summed E-state index contributed by atoms with van der Waals surface area (Å²) in [5, 5.41) is 20.2. The Bertz CT molecular complexity index is 592. The number of halogens is 1. The Morgan fingerprint density at radius 1 is 1.29 bits per heavy atom. The first kappa shape index (κ1) is 11.7. The number of carbonyl (C=O) groups is 1. The maximum Gasteiger partial charge on any atom is 0.310 e. The topological polar surface area (TPSA) is 57.5 Å². The van der Waals surface area contributed by atoms with Gasteiger partial charge in [-0.2, -0.15) is 0 Å². The SMILES string of the molecule is C[C@H](C(=O)O)c1ccc2c(Cl)c(O)ccc2c1. The Morgan fingerprint density at radius 3 is 2.65 bits per heavy atom. The molecular weight excluding hydrogens is 240 g/mol. The van der Waals surface area contributed by atoms with Gasteiger partial charge < -0.3 is 10.2 Å². The third-order valence-electron chi connectivity index (χ3n) is 2.83. The van der Waals surface area contributed by atoms with Crippen LogP contribution in [0.5, 0.6) is 5.75 Å². The Labute approximate surface area is 103 Å². The highest BCUT2D eigenvalue weighted by Gasteiger charge is 2.14. The van der Waals surface area contributed by atoms with E-state index in [0.29, 0.717) is 10.9 Å². The number of aromatic hydroxyl groups is 1. The minimum atomic E-state index is -0.866. The Hall–Kier alpha value is -1.74. The fourth-order valence-corrected chi connectivity index (χ4v) is 1.95. The van der Waals surface area contributed by atoms with Crippen molar-refractivity contribution in [3.63, 3.8) is 0 Å². The van der Waals surface area contributed by atoms with Crippen molar-refractivity contribution in [2.75, 3.05) is 0 Å². The fourth-order valence-electron chi connectivity index (χ4n) is 1.71. The molecule has 88 valence electrons. The van der Waals surface area contributed by atoms with Gasteiger partial charge in [0.1, 0.15) is 5.75 Å². The predicted octanol–water partition coefficient (Wildman–Crippen LogP) is 3.39. The average molecular weight is 251 g/mol. The number of carboxylic acid groups (broad SMARTS) is 1. The quantitative estimate of drug-likeness (QED) is 0.859. The number of rotatable bonds is 2. The maximum atomic E-state index is 10.9. The lowest BCUT2D eigenvalue weighted by molar-refractivity contribution is -0.138. The molecule has 0 aliphatic heterocycles. The summed E-state index contributed by atoms with van der Waals surface area (Å²) in [5.74, 6) is -1.40. The second kappa shape index (κ2) is 4.26. The number of carboxylic acids is 1. The molecule has 0 amide bonds. The highest BCUT2D eigenvalue weighted by molar-refractivity contribution is 6.37. The molecule has 4 heteroatoms.